The van der Waals surface area contributed by atoms with Crippen LogP contribution in [0.15, 0.2) is 15.7 Å². The number of anilines is 1. The van der Waals surface area contributed by atoms with Gasteiger partial charge in [0, 0.05) is 6.07 Å². The summed E-state index contributed by atoms with van der Waals surface area (Å²) in [6, 6.07) is 0.841. The normalized spacial score (nSPS) is 11.9. The summed E-state index contributed by atoms with van der Waals surface area (Å²) in [5, 5.41) is 1.80. The lowest BCUT2D eigenvalue weighted by Gasteiger charge is -2.08. The molecule has 66 valence electrons. The van der Waals surface area contributed by atoms with E-state index in [0.717, 1.165) is 6.07 Å². The fraction of sp³-hybridized carbons (Fsp3) is 0.333. The molecule has 0 heterocycles. The van der Waals surface area contributed by atoms with Crippen molar-refractivity contribution in [2.24, 2.45) is 0 Å². The molecule has 0 aliphatic heterocycles. The van der Waals surface area contributed by atoms with E-state index in [2.05, 4.69) is 0 Å². The van der Waals surface area contributed by atoms with Crippen molar-refractivity contribution in [1.82, 2.24) is 0 Å². The molecule has 6 heteroatoms. The van der Waals surface area contributed by atoms with Crippen LogP contribution in [-0.2, 0) is 0 Å². The molecular formula is C6H4F3NO2. The Kier molecular flexibility index (Phi) is 1.91. The van der Waals surface area contributed by atoms with Crippen LogP contribution in [0.25, 0.3) is 0 Å². The second-order valence-corrected chi connectivity index (χ2v) is 2.22. The predicted octanol–water partition coefficient (Wildman–Crippen LogP) is 0.257. The summed E-state index contributed by atoms with van der Waals surface area (Å²) >= 11 is 0. The van der Waals surface area contributed by atoms with Crippen molar-refractivity contribution >= 4 is 5.69 Å². The van der Waals surface area contributed by atoms with E-state index in [-0.39, 0.29) is 5.69 Å². The highest BCUT2D eigenvalue weighted by Crippen LogP contribution is 2.14. The molecule has 0 saturated carbocycles. The Bertz CT molecular complexity index is 348. The van der Waals surface area contributed by atoms with E-state index in [1.165, 1.54) is 0 Å². The van der Waals surface area contributed by atoms with Crippen molar-refractivity contribution in [2.75, 3.05) is 11.9 Å². The predicted molar refractivity (Wildman–Crippen MR) is 35.9 cm³/mol. The van der Waals surface area contributed by atoms with Crippen molar-refractivity contribution in [3.8, 4) is 0 Å². The maximum Gasteiger partial charge on any atom is 0.405 e. The van der Waals surface area contributed by atoms with Crippen LogP contribution in [0.3, 0.4) is 0 Å². The first-order chi connectivity index (χ1) is 5.40. The Balaban J connectivity index is 2.53. The summed E-state index contributed by atoms with van der Waals surface area (Å²) in [4.78, 5) is 20.6. The lowest BCUT2D eigenvalue weighted by Crippen LogP contribution is -2.35. The molecule has 3 nitrogen and oxygen atoms in total. The molecule has 1 aromatic carbocycles. The van der Waals surface area contributed by atoms with E-state index in [1.54, 1.807) is 5.32 Å². The second kappa shape index (κ2) is 2.62. The lowest BCUT2D eigenvalue weighted by molar-refractivity contribution is -0.115. The molecule has 0 saturated heterocycles. The van der Waals surface area contributed by atoms with Crippen LogP contribution in [0.1, 0.15) is 0 Å². The first-order valence-corrected chi connectivity index (χ1v) is 3.01. The van der Waals surface area contributed by atoms with Crippen LogP contribution in [-0.4, -0.2) is 12.7 Å². The van der Waals surface area contributed by atoms with Crippen LogP contribution in [0.5, 0.6) is 0 Å². The van der Waals surface area contributed by atoms with Crippen molar-refractivity contribution in [3.05, 3.63) is 26.5 Å². The Labute approximate surface area is 64.5 Å². The summed E-state index contributed by atoms with van der Waals surface area (Å²) in [6.07, 6.45) is -4.38. The topological polar surface area (TPSA) is 46.2 Å². The fourth-order valence-corrected chi connectivity index (χ4v) is 0.644. The third-order valence-corrected chi connectivity index (χ3v) is 1.22. The van der Waals surface area contributed by atoms with Gasteiger partial charge in [0.15, 0.2) is 0 Å². The average Bonchev–Trinajstić information content (AvgIpc) is 1.95. The zero-order chi connectivity index (χ0) is 9.35. The molecule has 1 rings (SSSR count). The molecule has 0 amide bonds. The quantitative estimate of drug-likeness (QED) is 0.662. The Morgan fingerprint density at radius 3 is 2.25 bits per heavy atom. The average molecular weight is 179 g/mol. The molecule has 0 aliphatic rings. The van der Waals surface area contributed by atoms with E-state index < -0.39 is 23.6 Å². The van der Waals surface area contributed by atoms with Gasteiger partial charge in [0.25, 0.3) is 0 Å². The highest BCUT2D eigenvalue weighted by molar-refractivity contribution is 5.47. The number of alkyl halides is 3. The summed E-state index contributed by atoms with van der Waals surface area (Å²) in [7, 11) is 0. The molecular weight excluding hydrogens is 175 g/mol. The Morgan fingerprint density at radius 1 is 1.33 bits per heavy atom. The highest BCUT2D eigenvalue weighted by Gasteiger charge is 2.27. The standard InChI is InChI=1S/C6H4F3NO2/c7-6(8,9)2-10-3-1-4(11)5(3)12/h1,10H,2H2. The summed E-state index contributed by atoms with van der Waals surface area (Å²) in [5.74, 6) is 0. The van der Waals surface area contributed by atoms with Gasteiger partial charge in [0.1, 0.15) is 6.54 Å². The van der Waals surface area contributed by atoms with Crippen molar-refractivity contribution in [2.45, 2.75) is 6.18 Å². The van der Waals surface area contributed by atoms with Gasteiger partial charge in [-0.3, -0.25) is 9.59 Å². The largest absolute Gasteiger partial charge is 0.405 e. The van der Waals surface area contributed by atoms with Crippen molar-refractivity contribution in [3.63, 3.8) is 0 Å². The second-order valence-electron chi connectivity index (χ2n) is 2.22. The van der Waals surface area contributed by atoms with E-state index in [1.807, 2.05) is 0 Å². The highest BCUT2D eigenvalue weighted by atomic mass is 19.4. The van der Waals surface area contributed by atoms with Gasteiger partial charge in [-0.25, -0.2) is 0 Å². The van der Waals surface area contributed by atoms with Gasteiger partial charge in [-0.1, -0.05) is 0 Å². The van der Waals surface area contributed by atoms with Gasteiger partial charge in [0.2, 0.25) is 10.9 Å². The molecule has 0 unspecified atom stereocenters. The van der Waals surface area contributed by atoms with Crippen LogP contribution >= 0.6 is 0 Å². The minimum absolute atomic E-state index is 0.266. The number of rotatable bonds is 2. The first kappa shape index (κ1) is 8.76. The fourth-order valence-electron chi connectivity index (χ4n) is 0.644. The minimum atomic E-state index is -4.38. The smallest absolute Gasteiger partial charge is 0.373 e. The van der Waals surface area contributed by atoms with E-state index >= 15 is 0 Å². The van der Waals surface area contributed by atoms with Crippen LogP contribution < -0.4 is 16.2 Å². The number of hydrogen-bond acceptors (Lipinski definition) is 3. The maximum atomic E-state index is 11.5. The summed E-state index contributed by atoms with van der Waals surface area (Å²) < 4.78 is 34.5. The molecule has 0 fully saturated rings. The molecule has 0 radical (unpaired) electrons. The molecule has 12 heavy (non-hydrogen) atoms. The van der Waals surface area contributed by atoms with E-state index in [9.17, 15) is 22.8 Å². The van der Waals surface area contributed by atoms with Gasteiger partial charge < -0.3 is 5.32 Å². The van der Waals surface area contributed by atoms with Gasteiger partial charge >= 0.3 is 6.18 Å². The zero-order valence-corrected chi connectivity index (χ0v) is 5.73. The van der Waals surface area contributed by atoms with Gasteiger partial charge in [0.05, 0.1) is 5.69 Å². The molecule has 0 atom stereocenters. The van der Waals surface area contributed by atoms with E-state index in [0.29, 0.717) is 0 Å². The first-order valence-electron chi connectivity index (χ1n) is 3.01. The molecule has 1 aromatic rings. The minimum Gasteiger partial charge on any atom is -0.373 e. The Morgan fingerprint density at radius 2 is 1.92 bits per heavy atom. The monoisotopic (exact) mass is 179 g/mol. The molecule has 0 aromatic heterocycles. The number of hydrogen-bond donors (Lipinski definition) is 1. The summed E-state index contributed by atoms with van der Waals surface area (Å²) in [5.41, 5.74) is -1.92. The van der Waals surface area contributed by atoms with Crippen LogP contribution in [0.2, 0.25) is 0 Å². The molecule has 1 N–H and O–H groups in total. The van der Waals surface area contributed by atoms with E-state index in [4.69, 9.17) is 0 Å². The molecule has 0 bridgehead atoms. The lowest BCUT2D eigenvalue weighted by atomic mass is 10.2. The molecule has 0 spiro atoms. The maximum absolute atomic E-state index is 11.5. The van der Waals surface area contributed by atoms with Gasteiger partial charge in [-0.05, 0) is 0 Å². The number of nitrogens with one attached hydrogen (secondary N) is 1. The summed E-state index contributed by atoms with van der Waals surface area (Å²) in [6.45, 7) is -1.29. The van der Waals surface area contributed by atoms with Gasteiger partial charge in [-0.15, -0.1) is 0 Å². The molecule has 0 aliphatic carbocycles. The van der Waals surface area contributed by atoms with Crippen molar-refractivity contribution in [1.29, 1.82) is 0 Å². The Hall–Kier alpha value is -1.33. The van der Waals surface area contributed by atoms with Crippen molar-refractivity contribution < 1.29 is 13.2 Å². The number of halogens is 3. The SMILES string of the molecule is O=c1cc(NCC(F)(F)F)c1=O. The van der Waals surface area contributed by atoms with Crippen LogP contribution in [0.4, 0.5) is 18.9 Å². The van der Waals surface area contributed by atoms with Crippen LogP contribution in [0, 0.1) is 0 Å². The zero-order valence-electron chi connectivity index (χ0n) is 5.73. The van der Waals surface area contributed by atoms with Gasteiger partial charge in [-0.2, -0.15) is 13.2 Å². The third-order valence-electron chi connectivity index (χ3n) is 1.22. The third kappa shape index (κ3) is 1.84.